The summed E-state index contributed by atoms with van der Waals surface area (Å²) in [6.07, 6.45) is 2.17. The van der Waals surface area contributed by atoms with E-state index in [0.29, 0.717) is 25.9 Å². The van der Waals surface area contributed by atoms with Gasteiger partial charge in [-0.2, -0.15) is 4.31 Å². The number of sulfonamides is 1. The highest BCUT2D eigenvalue weighted by Gasteiger charge is 2.33. The highest BCUT2D eigenvalue weighted by molar-refractivity contribution is 7.89. The lowest BCUT2D eigenvalue weighted by Crippen LogP contribution is -2.45. The van der Waals surface area contributed by atoms with Crippen LogP contribution in [0.3, 0.4) is 0 Å². The van der Waals surface area contributed by atoms with Crippen LogP contribution in [-0.4, -0.2) is 38.3 Å². The minimum absolute atomic E-state index is 0.0588. The van der Waals surface area contributed by atoms with Crippen molar-refractivity contribution < 1.29 is 17.6 Å². The molecule has 0 spiro atoms. The van der Waals surface area contributed by atoms with Gasteiger partial charge in [-0.05, 0) is 43.5 Å². The average Bonchev–Trinajstić information content (AvgIpc) is 2.53. The SMILES string of the molecule is CCCNC(=O)[C@@H]1CCCN(S(=O)(=O)c2ccc(F)cc2)C1. The van der Waals surface area contributed by atoms with Crippen LogP contribution in [0.5, 0.6) is 0 Å². The summed E-state index contributed by atoms with van der Waals surface area (Å²) in [4.78, 5) is 12.1. The number of benzene rings is 1. The van der Waals surface area contributed by atoms with Crippen molar-refractivity contribution >= 4 is 15.9 Å². The molecule has 1 saturated heterocycles. The summed E-state index contributed by atoms with van der Waals surface area (Å²) in [5.74, 6) is -0.897. The zero-order valence-electron chi connectivity index (χ0n) is 12.6. The monoisotopic (exact) mass is 328 g/mol. The second-order valence-electron chi connectivity index (χ2n) is 5.45. The molecule has 5 nitrogen and oxygen atoms in total. The first-order valence-electron chi connectivity index (χ1n) is 7.48. The van der Waals surface area contributed by atoms with Gasteiger partial charge >= 0.3 is 0 Å². The molecule has 1 heterocycles. The normalized spacial score (nSPS) is 19.8. The Hall–Kier alpha value is -1.47. The van der Waals surface area contributed by atoms with Crippen LogP contribution >= 0.6 is 0 Å². The van der Waals surface area contributed by atoms with Crippen LogP contribution in [-0.2, 0) is 14.8 Å². The number of carbonyl (C=O) groups is 1. The maximum atomic E-state index is 12.9. The number of rotatable bonds is 5. The first-order chi connectivity index (χ1) is 10.4. The van der Waals surface area contributed by atoms with E-state index < -0.39 is 15.8 Å². The molecule has 7 heteroatoms. The lowest BCUT2D eigenvalue weighted by molar-refractivity contribution is -0.126. The zero-order valence-corrected chi connectivity index (χ0v) is 13.4. The van der Waals surface area contributed by atoms with Gasteiger partial charge in [0.05, 0.1) is 10.8 Å². The van der Waals surface area contributed by atoms with Crippen LogP contribution in [0.4, 0.5) is 4.39 Å². The third-order valence-corrected chi connectivity index (χ3v) is 5.63. The Bertz CT molecular complexity index is 616. The molecule has 0 bridgehead atoms. The molecule has 0 aromatic heterocycles. The van der Waals surface area contributed by atoms with Gasteiger partial charge in [0.15, 0.2) is 0 Å². The smallest absolute Gasteiger partial charge is 0.243 e. The molecule has 0 aliphatic carbocycles. The molecule has 1 fully saturated rings. The zero-order chi connectivity index (χ0) is 16.2. The van der Waals surface area contributed by atoms with Crippen LogP contribution in [0.25, 0.3) is 0 Å². The number of hydrogen-bond donors (Lipinski definition) is 1. The molecule has 0 radical (unpaired) electrons. The molecular formula is C15H21FN2O3S. The summed E-state index contributed by atoms with van der Waals surface area (Å²) in [7, 11) is -3.68. The van der Waals surface area contributed by atoms with E-state index in [4.69, 9.17) is 0 Å². The summed E-state index contributed by atoms with van der Waals surface area (Å²) in [6.45, 7) is 3.12. The molecule has 2 rings (SSSR count). The third-order valence-electron chi connectivity index (χ3n) is 3.76. The Kier molecular flexibility index (Phi) is 5.52. The standard InChI is InChI=1S/C15H21FN2O3S/c1-2-9-17-15(19)12-4-3-10-18(11-12)22(20,21)14-7-5-13(16)6-8-14/h5-8,12H,2-4,9-11H2,1H3,(H,17,19)/t12-/m1/s1. The van der Waals surface area contributed by atoms with Gasteiger partial charge in [0.1, 0.15) is 5.82 Å². The number of nitrogens with zero attached hydrogens (tertiary/aromatic N) is 1. The first kappa shape index (κ1) is 16.9. The van der Waals surface area contributed by atoms with Gasteiger partial charge in [-0.3, -0.25) is 4.79 Å². The topological polar surface area (TPSA) is 66.5 Å². The summed E-state index contributed by atoms with van der Waals surface area (Å²) < 4.78 is 39.4. The predicted octanol–water partition coefficient (Wildman–Crippen LogP) is 1.75. The maximum Gasteiger partial charge on any atom is 0.243 e. The molecule has 1 N–H and O–H groups in total. The summed E-state index contributed by atoms with van der Waals surface area (Å²) in [5.41, 5.74) is 0. The lowest BCUT2D eigenvalue weighted by Gasteiger charge is -2.31. The molecular weight excluding hydrogens is 307 g/mol. The average molecular weight is 328 g/mol. The highest BCUT2D eigenvalue weighted by Crippen LogP contribution is 2.24. The van der Waals surface area contributed by atoms with E-state index in [1.54, 1.807) is 0 Å². The highest BCUT2D eigenvalue weighted by atomic mass is 32.2. The van der Waals surface area contributed by atoms with E-state index in [1.165, 1.54) is 16.4 Å². The number of carbonyl (C=O) groups excluding carboxylic acids is 1. The van der Waals surface area contributed by atoms with Crippen LogP contribution in [0, 0.1) is 11.7 Å². The lowest BCUT2D eigenvalue weighted by atomic mass is 9.99. The molecule has 1 aromatic rings. The first-order valence-corrected chi connectivity index (χ1v) is 8.92. The molecule has 0 saturated carbocycles. The van der Waals surface area contributed by atoms with Crippen molar-refractivity contribution in [2.24, 2.45) is 5.92 Å². The maximum absolute atomic E-state index is 12.9. The van der Waals surface area contributed by atoms with E-state index in [9.17, 15) is 17.6 Å². The van der Waals surface area contributed by atoms with Gasteiger partial charge in [-0.25, -0.2) is 12.8 Å². The molecule has 0 unspecified atom stereocenters. The summed E-state index contributed by atoms with van der Waals surface area (Å²) in [5, 5.41) is 2.81. The largest absolute Gasteiger partial charge is 0.356 e. The fraction of sp³-hybridized carbons (Fsp3) is 0.533. The van der Waals surface area contributed by atoms with Crippen molar-refractivity contribution in [2.75, 3.05) is 19.6 Å². The van der Waals surface area contributed by atoms with Crippen molar-refractivity contribution in [3.63, 3.8) is 0 Å². The number of piperidine rings is 1. The van der Waals surface area contributed by atoms with Crippen LogP contribution < -0.4 is 5.32 Å². The van der Waals surface area contributed by atoms with Crippen LogP contribution in [0.2, 0.25) is 0 Å². The van der Waals surface area contributed by atoms with Crippen molar-refractivity contribution in [1.29, 1.82) is 0 Å². The fourth-order valence-electron chi connectivity index (χ4n) is 2.52. The van der Waals surface area contributed by atoms with E-state index in [1.807, 2.05) is 6.92 Å². The molecule has 1 aromatic carbocycles. The minimum Gasteiger partial charge on any atom is -0.356 e. The molecule has 1 atom stereocenters. The second kappa shape index (κ2) is 7.19. The van der Waals surface area contributed by atoms with E-state index in [0.717, 1.165) is 18.6 Å². The van der Waals surface area contributed by atoms with E-state index in [2.05, 4.69) is 5.32 Å². The number of amides is 1. The second-order valence-corrected chi connectivity index (χ2v) is 7.39. The van der Waals surface area contributed by atoms with Gasteiger partial charge in [0, 0.05) is 19.6 Å². The third kappa shape index (κ3) is 3.84. The summed E-state index contributed by atoms with van der Waals surface area (Å²) >= 11 is 0. The van der Waals surface area contributed by atoms with Crippen molar-refractivity contribution in [2.45, 2.75) is 31.1 Å². The molecule has 22 heavy (non-hydrogen) atoms. The van der Waals surface area contributed by atoms with Crippen molar-refractivity contribution in [3.05, 3.63) is 30.1 Å². The Labute approximate surface area is 130 Å². The van der Waals surface area contributed by atoms with Gasteiger partial charge in [-0.1, -0.05) is 6.92 Å². The van der Waals surface area contributed by atoms with Crippen molar-refractivity contribution in [1.82, 2.24) is 9.62 Å². The predicted molar refractivity (Wildman–Crippen MR) is 81.2 cm³/mol. The van der Waals surface area contributed by atoms with Crippen LogP contribution in [0.1, 0.15) is 26.2 Å². The van der Waals surface area contributed by atoms with Gasteiger partial charge in [0.2, 0.25) is 15.9 Å². The number of halogens is 1. The molecule has 1 aliphatic heterocycles. The number of nitrogens with one attached hydrogen (secondary N) is 1. The van der Waals surface area contributed by atoms with Crippen molar-refractivity contribution in [3.8, 4) is 0 Å². The molecule has 122 valence electrons. The quantitative estimate of drug-likeness (QED) is 0.895. The van der Waals surface area contributed by atoms with Crippen LogP contribution in [0.15, 0.2) is 29.2 Å². The Balaban J connectivity index is 2.11. The number of hydrogen-bond acceptors (Lipinski definition) is 3. The Morgan fingerprint density at radius 3 is 2.68 bits per heavy atom. The van der Waals surface area contributed by atoms with Gasteiger partial charge in [0.25, 0.3) is 0 Å². The minimum atomic E-state index is -3.68. The molecule has 1 amide bonds. The van der Waals surface area contributed by atoms with Gasteiger partial charge in [-0.15, -0.1) is 0 Å². The fourth-order valence-corrected chi connectivity index (χ4v) is 4.05. The summed E-state index contributed by atoms with van der Waals surface area (Å²) in [6, 6.07) is 4.77. The van der Waals surface area contributed by atoms with E-state index in [-0.39, 0.29) is 23.3 Å². The Morgan fingerprint density at radius 2 is 2.05 bits per heavy atom. The Morgan fingerprint density at radius 1 is 1.36 bits per heavy atom. The van der Waals surface area contributed by atoms with E-state index >= 15 is 0 Å². The molecule has 1 aliphatic rings. The van der Waals surface area contributed by atoms with Gasteiger partial charge < -0.3 is 5.32 Å².